The second kappa shape index (κ2) is 4.44. The van der Waals surface area contributed by atoms with Gasteiger partial charge in [0, 0.05) is 18.0 Å². The maximum atomic E-state index is 10.3. The van der Waals surface area contributed by atoms with Crippen molar-refractivity contribution in [3.05, 3.63) is 28.6 Å². The zero-order valence-electron chi connectivity index (χ0n) is 12.5. The van der Waals surface area contributed by atoms with Gasteiger partial charge in [0.15, 0.2) is 0 Å². The number of aliphatic hydroxyl groups excluding tert-OH is 1. The molecule has 0 bridgehead atoms. The van der Waals surface area contributed by atoms with Crippen LogP contribution in [0.15, 0.2) is 11.6 Å². The Labute approximate surface area is 124 Å². The first-order valence-electron chi connectivity index (χ1n) is 7.21. The predicted molar refractivity (Wildman–Crippen MR) is 76.0 cm³/mol. The molecule has 0 aromatic carbocycles. The Morgan fingerprint density at radius 1 is 1.43 bits per heavy atom. The van der Waals surface area contributed by atoms with E-state index in [-0.39, 0.29) is 17.3 Å². The van der Waals surface area contributed by atoms with Crippen LogP contribution in [0.4, 0.5) is 0 Å². The molecule has 5 heteroatoms. The number of aliphatic hydroxyl groups is 1. The lowest BCUT2D eigenvalue weighted by molar-refractivity contribution is 0.0670. The molecule has 4 unspecified atom stereocenters. The van der Waals surface area contributed by atoms with Crippen LogP contribution < -0.4 is 0 Å². The Balaban J connectivity index is 2.25. The van der Waals surface area contributed by atoms with Crippen molar-refractivity contribution in [1.29, 1.82) is 10.5 Å². The third-order valence-electron chi connectivity index (χ3n) is 5.27. The van der Waals surface area contributed by atoms with E-state index >= 15 is 0 Å². The summed E-state index contributed by atoms with van der Waals surface area (Å²) in [5.74, 6) is 0.244. The van der Waals surface area contributed by atoms with Gasteiger partial charge in [0.25, 0.3) is 0 Å². The molecule has 5 nitrogen and oxygen atoms in total. The second-order valence-electron chi connectivity index (χ2n) is 6.35. The smallest absolute Gasteiger partial charge is 0.141 e. The fraction of sp³-hybridized carbons (Fsp3) is 0.562. The first-order valence-corrected chi connectivity index (χ1v) is 7.21. The molecule has 0 saturated carbocycles. The van der Waals surface area contributed by atoms with Gasteiger partial charge in [0.2, 0.25) is 0 Å². The number of hydrogen-bond donors (Lipinski definition) is 1. The molecule has 3 rings (SSSR count). The van der Waals surface area contributed by atoms with Crippen LogP contribution in [-0.2, 0) is 18.9 Å². The predicted octanol–water partition coefficient (Wildman–Crippen LogP) is 1.57. The highest BCUT2D eigenvalue weighted by Crippen LogP contribution is 2.50. The number of aryl methyl sites for hydroxylation is 1. The van der Waals surface area contributed by atoms with Crippen LogP contribution >= 0.6 is 0 Å². The number of allylic oxidation sites excluding steroid dienone is 1. The van der Waals surface area contributed by atoms with Crippen LogP contribution in [0, 0.1) is 34.5 Å². The summed E-state index contributed by atoms with van der Waals surface area (Å²) in [6.45, 7) is 4.07. The highest BCUT2D eigenvalue weighted by atomic mass is 16.3. The van der Waals surface area contributed by atoms with Gasteiger partial charge >= 0.3 is 0 Å². The van der Waals surface area contributed by atoms with E-state index in [1.165, 1.54) is 0 Å². The fourth-order valence-electron chi connectivity index (χ4n) is 4.15. The normalized spacial score (nSPS) is 34.2. The van der Waals surface area contributed by atoms with Gasteiger partial charge in [-0.15, -0.1) is 0 Å². The van der Waals surface area contributed by atoms with Gasteiger partial charge in [-0.25, -0.2) is 0 Å². The Kier molecular flexibility index (Phi) is 2.93. The first kappa shape index (κ1) is 13.9. The molecule has 0 amide bonds. The summed E-state index contributed by atoms with van der Waals surface area (Å²) in [6.07, 6.45) is 2.87. The standard InChI is InChI=1S/C16H18N4O/c1-9-12-5-4-11-13(8-18)20(3)19-15(11)16(12,2)6-10(7-17)14(9)21/h6,9,12,14,21H,4-5H2,1-3H3. The summed E-state index contributed by atoms with van der Waals surface area (Å²) in [6, 6.07) is 4.35. The molecular formula is C16H18N4O. The molecule has 21 heavy (non-hydrogen) atoms. The minimum Gasteiger partial charge on any atom is -0.387 e. The zero-order chi connectivity index (χ0) is 15.4. The Morgan fingerprint density at radius 2 is 2.14 bits per heavy atom. The average Bonchev–Trinajstić information content (AvgIpc) is 2.80. The summed E-state index contributed by atoms with van der Waals surface area (Å²) in [5.41, 5.74) is 2.53. The quantitative estimate of drug-likeness (QED) is 0.782. The summed E-state index contributed by atoms with van der Waals surface area (Å²) < 4.78 is 1.63. The molecule has 4 atom stereocenters. The molecule has 1 N–H and O–H groups in total. The van der Waals surface area contributed by atoms with Gasteiger partial charge in [-0.3, -0.25) is 4.68 Å². The van der Waals surface area contributed by atoms with Crippen molar-refractivity contribution in [2.45, 2.75) is 38.2 Å². The maximum absolute atomic E-state index is 10.3. The third-order valence-corrected chi connectivity index (χ3v) is 5.27. The minimum absolute atomic E-state index is 0.00958. The molecule has 0 fully saturated rings. The number of nitriles is 2. The van der Waals surface area contributed by atoms with Crippen LogP contribution in [0.5, 0.6) is 0 Å². The van der Waals surface area contributed by atoms with Crippen molar-refractivity contribution in [3.63, 3.8) is 0 Å². The van der Waals surface area contributed by atoms with Crippen molar-refractivity contribution < 1.29 is 5.11 Å². The van der Waals surface area contributed by atoms with Gasteiger partial charge < -0.3 is 5.11 Å². The van der Waals surface area contributed by atoms with Gasteiger partial charge in [0.1, 0.15) is 11.8 Å². The lowest BCUT2D eigenvalue weighted by Gasteiger charge is -2.46. The molecule has 1 heterocycles. The lowest BCUT2D eigenvalue weighted by Crippen LogP contribution is -2.47. The van der Waals surface area contributed by atoms with Gasteiger partial charge in [0.05, 0.1) is 23.4 Å². The highest BCUT2D eigenvalue weighted by Gasteiger charge is 2.50. The van der Waals surface area contributed by atoms with E-state index in [4.69, 9.17) is 0 Å². The molecule has 0 radical (unpaired) electrons. The van der Waals surface area contributed by atoms with E-state index in [0.717, 1.165) is 24.1 Å². The Morgan fingerprint density at radius 3 is 2.76 bits per heavy atom. The van der Waals surface area contributed by atoms with E-state index in [2.05, 4.69) is 24.2 Å². The number of aromatic nitrogens is 2. The molecule has 2 aliphatic carbocycles. The number of fused-ring (bicyclic) bond motifs is 3. The fourth-order valence-corrected chi connectivity index (χ4v) is 4.15. The van der Waals surface area contributed by atoms with Crippen molar-refractivity contribution in [3.8, 4) is 12.1 Å². The van der Waals surface area contributed by atoms with Gasteiger partial charge in [-0.2, -0.15) is 15.6 Å². The lowest BCUT2D eigenvalue weighted by atomic mass is 9.57. The maximum Gasteiger partial charge on any atom is 0.141 e. The van der Waals surface area contributed by atoms with E-state index in [1.807, 2.05) is 13.0 Å². The molecule has 0 spiro atoms. The molecular weight excluding hydrogens is 264 g/mol. The molecule has 1 aromatic heterocycles. The van der Waals surface area contributed by atoms with Crippen molar-refractivity contribution >= 4 is 0 Å². The summed E-state index contributed by atoms with van der Waals surface area (Å²) >= 11 is 0. The van der Waals surface area contributed by atoms with E-state index in [9.17, 15) is 15.6 Å². The first-order chi connectivity index (χ1) is 9.93. The number of nitrogens with zero attached hydrogens (tertiary/aromatic N) is 4. The zero-order valence-corrected chi connectivity index (χ0v) is 12.5. The molecule has 2 aliphatic rings. The van der Waals surface area contributed by atoms with Crippen LogP contribution in [0.3, 0.4) is 0 Å². The SMILES string of the molecule is CC1C(O)C(C#N)=CC2(C)c3nn(C)c(C#N)c3CCC12. The minimum atomic E-state index is -0.700. The Hall–Kier alpha value is -2.11. The number of hydrogen-bond acceptors (Lipinski definition) is 4. The Bertz CT molecular complexity index is 718. The summed E-state index contributed by atoms with van der Waals surface area (Å²) in [7, 11) is 1.78. The van der Waals surface area contributed by atoms with Crippen LogP contribution in [0.1, 0.15) is 37.2 Å². The monoisotopic (exact) mass is 282 g/mol. The summed E-state index contributed by atoms with van der Waals surface area (Å²) in [5, 5.41) is 33.4. The van der Waals surface area contributed by atoms with Crippen LogP contribution in [0.25, 0.3) is 0 Å². The topological polar surface area (TPSA) is 85.6 Å². The molecule has 0 saturated heterocycles. The van der Waals surface area contributed by atoms with Gasteiger partial charge in [-0.05, 0) is 24.7 Å². The highest BCUT2D eigenvalue weighted by molar-refractivity contribution is 5.47. The van der Waals surface area contributed by atoms with E-state index in [1.54, 1.807) is 11.7 Å². The molecule has 108 valence electrons. The third kappa shape index (κ3) is 1.68. The average molecular weight is 282 g/mol. The van der Waals surface area contributed by atoms with Crippen LogP contribution in [-0.4, -0.2) is 21.0 Å². The molecule has 1 aromatic rings. The van der Waals surface area contributed by atoms with Gasteiger partial charge in [-0.1, -0.05) is 19.9 Å². The number of rotatable bonds is 0. The van der Waals surface area contributed by atoms with Crippen molar-refractivity contribution in [2.24, 2.45) is 18.9 Å². The summed E-state index contributed by atoms with van der Waals surface area (Å²) in [4.78, 5) is 0. The van der Waals surface area contributed by atoms with Crippen molar-refractivity contribution in [2.75, 3.05) is 0 Å². The van der Waals surface area contributed by atoms with Crippen molar-refractivity contribution in [1.82, 2.24) is 9.78 Å². The molecule has 0 aliphatic heterocycles. The second-order valence-corrected chi connectivity index (χ2v) is 6.35. The van der Waals surface area contributed by atoms with Crippen LogP contribution in [0.2, 0.25) is 0 Å². The largest absolute Gasteiger partial charge is 0.387 e. The van der Waals surface area contributed by atoms with E-state index < -0.39 is 6.10 Å². The van der Waals surface area contributed by atoms with E-state index in [0.29, 0.717) is 11.3 Å².